The normalized spacial score (nSPS) is 10.2. The molecule has 1 aromatic carbocycles. The van der Waals surface area contributed by atoms with Crippen LogP contribution in [0.4, 0.5) is 11.5 Å². The van der Waals surface area contributed by atoms with E-state index in [0.717, 1.165) is 5.56 Å². The van der Waals surface area contributed by atoms with Crippen LogP contribution < -0.4 is 21.3 Å². The van der Waals surface area contributed by atoms with Crippen molar-refractivity contribution in [3.05, 3.63) is 44.0 Å². The number of methoxy groups -OCH3 is 1. The predicted molar refractivity (Wildman–Crippen MR) is 82.3 cm³/mol. The smallest absolute Gasteiger partial charge is 0.266 e. The molecule has 0 saturated carbocycles. The monoisotopic (exact) mass is 372 g/mol. The largest absolute Gasteiger partial charge is 0.495 e. The third kappa shape index (κ3) is 3.16. The summed E-state index contributed by atoms with van der Waals surface area (Å²) < 4.78 is 5.62. The minimum absolute atomic E-state index is 0.160. The third-order valence-corrected chi connectivity index (χ3v) is 3.55. The maximum atomic E-state index is 11.4. The number of hydrogen-bond acceptors (Lipinski definition) is 5. The minimum atomic E-state index is -0.160. The van der Waals surface area contributed by atoms with Gasteiger partial charge in [-0.25, -0.2) is 4.98 Å². The molecular formula is C12H13IN4O2. The SMILES string of the molecule is COc1ccc(CNc2nc[nH]c(=O)c2I)cc1N. The van der Waals surface area contributed by atoms with Crippen molar-refractivity contribution in [2.24, 2.45) is 0 Å². The number of aromatic nitrogens is 2. The first-order chi connectivity index (χ1) is 9.11. The molecular weight excluding hydrogens is 359 g/mol. The van der Waals surface area contributed by atoms with Crippen LogP contribution in [0.5, 0.6) is 5.75 Å². The van der Waals surface area contributed by atoms with Crippen molar-refractivity contribution < 1.29 is 4.74 Å². The van der Waals surface area contributed by atoms with Gasteiger partial charge < -0.3 is 20.8 Å². The quantitative estimate of drug-likeness (QED) is 0.560. The number of anilines is 2. The second kappa shape index (κ2) is 5.91. The molecule has 2 rings (SSSR count). The van der Waals surface area contributed by atoms with Crippen LogP contribution in [-0.4, -0.2) is 17.1 Å². The van der Waals surface area contributed by atoms with Gasteiger partial charge in [0.1, 0.15) is 15.1 Å². The molecule has 19 heavy (non-hydrogen) atoms. The molecule has 0 aliphatic carbocycles. The highest BCUT2D eigenvalue weighted by atomic mass is 127. The van der Waals surface area contributed by atoms with Crippen LogP contribution in [0.3, 0.4) is 0 Å². The third-order valence-electron chi connectivity index (χ3n) is 2.55. The number of aromatic amines is 1. The number of nitrogens with one attached hydrogen (secondary N) is 2. The molecule has 0 atom stereocenters. The summed E-state index contributed by atoms with van der Waals surface area (Å²) in [6.07, 6.45) is 1.37. The summed E-state index contributed by atoms with van der Waals surface area (Å²) in [5.74, 6) is 1.20. The Balaban J connectivity index is 2.12. The average Bonchev–Trinajstić information content (AvgIpc) is 2.40. The van der Waals surface area contributed by atoms with Gasteiger partial charge in [-0.3, -0.25) is 4.79 Å². The summed E-state index contributed by atoms with van der Waals surface area (Å²) in [6.45, 7) is 0.528. The molecule has 0 bridgehead atoms. The van der Waals surface area contributed by atoms with Crippen LogP contribution in [0.15, 0.2) is 29.3 Å². The second-order valence-electron chi connectivity index (χ2n) is 3.82. The zero-order chi connectivity index (χ0) is 13.8. The first-order valence-electron chi connectivity index (χ1n) is 5.51. The van der Waals surface area contributed by atoms with Crippen molar-refractivity contribution in [2.75, 3.05) is 18.2 Å². The molecule has 0 amide bonds. The van der Waals surface area contributed by atoms with Gasteiger partial charge in [-0.15, -0.1) is 0 Å². The number of nitrogens with zero attached hydrogens (tertiary/aromatic N) is 1. The van der Waals surface area contributed by atoms with Crippen molar-refractivity contribution >= 4 is 34.1 Å². The highest BCUT2D eigenvalue weighted by molar-refractivity contribution is 14.1. The fourth-order valence-electron chi connectivity index (χ4n) is 1.59. The Hall–Kier alpha value is -1.77. The van der Waals surface area contributed by atoms with Crippen molar-refractivity contribution in [1.29, 1.82) is 0 Å². The van der Waals surface area contributed by atoms with Crippen LogP contribution in [0.25, 0.3) is 0 Å². The zero-order valence-corrected chi connectivity index (χ0v) is 12.4. The summed E-state index contributed by atoms with van der Waals surface area (Å²) in [5, 5.41) is 3.10. The molecule has 6 nitrogen and oxygen atoms in total. The molecule has 1 aromatic heterocycles. The van der Waals surface area contributed by atoms with Crippen molar-refractivity contribution in [2.45, 2.75) is 6.54 Å². The summed E-state index contributed by atoms with van der Waals surface area (Å²) in [5.41, 5.74) is 7.23. The molecule has 4 N–H and O–H groups in total. The van der Waals surface area contributed by atoms with E-state index in [1.54, 1.807) is 7.11 Å². The number of nitrogens with two attached hydrogens (primary N) is 1. The maximum absolute atomic E-state index is 11.4. The number of benzene rings is 1. The number of H-pyrrole nitrogens is 1. The van der Waals surface area contributed by atoms with E-state index in [4.69, 9.17) is 10.5 Å². The lowest BCUT2D eigenvalue weighted by molar-refractivity contribution is 0.417. The molecule has 0 radical (unpaired) electrons. The first kappa shape index (κ1) is 13.7. The van der Waals surface area contributed by atoms with Gasteiger partial charge in [0.2, 0.25) is 0 Å². The summed E-state index contributed by atoms with van der Waals surface area (Å²) in [6, 6.07) is 5.54. The van der Waals surface area contributed by atoms with Crippen LogP contribution in [0, 0.1) is 3.57 Å². The fourth-order valence-corrected chi connectivity index (χ4v) is 2.07. The Morgan fingerprint density at radius 3 is 3.00 bits per heavy atom. The Kier molecular flexibility index (Phi) is 4.25. The molecule has 0 saturated heterocycles. The van der Waals surface area contributed by atoms with Crippen LogP contribution in [-0.2, 0) is 6.54 Å². The molecule has 2 aromatic rings. The van der Waals surface area contributed by atoms with Crippen molar-refractivity contribution in [3.8, 4) is 5.75 Å². The highest BCUT2D eigenvalue weighted by Gasteiger charge is 2.05. The molecule has 0 aliphatic rings. The Labute approximate surface area is 123 Å². The summed E-state index contributed by atoms with van der Waals surface area (Å²) in [4.78, 5) is 18.0. The van der Waals surface area contributed by atoms with Gasteiger partial charge in [0.15, 0.2) is 0 Å². The lowest BCUT2D eigenvalue weighted by Gasteiger charge is -2.09. The highest BCUT2D eigenvalue weighted by Crippen LogP contribution is 2.22. The molecule has 1 heterocycles. The van der Waals surface area contributed by atoms with Gasteiger partial charge in [0, 0.05) is 6.54 Å². The molecule has 100 valence electrons. The van der Waals surface area contributed by atoms with E-state index in [1.165, 1.54) is 6.33 Å². The predicted octanol–water partition coefficient (Wildman–Crippen LogP) is 1.58. The average molecular weight is 372 g/mol. The molecule has 0 spiro atoms. The molecule has 0 fully saturated rings. The van der Waals surface area contributed by atoms with Gasteiger partial charge in [0.05, 0.1) is 19.1 Å². The van der Waals surface area contributed by atoms with E-state index in [2.05, 4.69) is 15.3 Å². The summed E-state index contributed by atoms with van der Waals surface area (Å²) in [7, 11) is 1.58. The van der Waals surface area contributed by atoms with E-state index < -0.39 is 0 Å². The van der Waals surface area contributed by atoms with Gasteiger partial charge in [-0.1, -0.05) is 6.07 Å². The van der Waals surface area contributed by atoms with Crippen molar-refractivity contribution in [3.63, 3.8) is 0 Å². The standard InChI is InChI=1S/C12H13IN4O2/c1-19-9-3-2-7(4-8(9)14)5-15-11-10(13)12(18)17-6-16-11/h2-4,6H,5,14H2,1H3,(H2,15,16,17,18). The van der Waals surface area contributed by atoms with E-state index in [9.17, 15) is 4.79 Å². The van der Waals surface area contributed by atoms with Gasteiger partial charge in [-0.2, -0.15) is 0 Å². The van der Waals surface area contributed by atoms with Gasteiger partial charge >= 0.3 is 0 Å². The fraction of sp³-hybridized carbons (Fsp3) is 0.167. The second-order valence-corrected chi connectivity index (χ2v) is 4.90. The van der Waals surface area contributed by atoms with E-state index >= 15 is 0 Å². The number of nitrogen functional groups attached to an aromatic ring is 1. The number of halogens is 1. The van der Waals surface area contributed by atoms with Crippen LogP contribution in [0.2, 0.25) is 0 Å². The lowest BCUT2D eigenvalue weighted by Crippen LogP contribution is -2.14. The van der Waals surface area contributed by atoms with E-state index in [0.29, 0.717) is 27.4 Å². The number of rotatable bonds is 4. The topological polar surface area (TPSA) is 93.0 Å². The minimum Gasteiger partial charge on any atom is -0.495 e. The number of hydrogen-bond donors (Lipinski definition) is 3. The van der Waals surface area contributed by atoms with E-state index in [1.807, 2.05) is 40.8 Å². The zero-order valence-electron chi connectivity index (χ0n) is 10.2. The Morgan fingerprint density at radius 1 is 1.53 bits per heavy atom. The maximum Gasteiger partial charge on any atom is 0.266 e. The molecule has 7 heteroatoms. The van der Waals surface area contributed by atoms with Crippen LogP contribution >= 0.6 is 22.6 Å². The lowest BCUT2D eigenvalue weighted by atomic mass is 10.2. The molecule has 0 aliphatic heterocycles. The summed E-state index contributed by atoms with van der Waals surface area (Å²) >= 11 is 1.95. The van der Waals surface area contributed by atoms with E-state index in [-0.39, 0.29) is 5.56 Å². The molecule has 0 unspecified atom stereocenters. The number of ether oxygens (including phenoxy) is 1. The van der Waals surface area contributed by atoms with Crippen LogP contribution in [0.1, 0.15) is 5.56 Å². The van der Waals surface area contributed by atoms with Crippen molar-refractivity contribution in [1.82, 2.24) is 9.97 Å². The van der Waals surface area contributed by atoms with Gasteiger partial charge in [-0.05, 0) is 40.3 Å². The Morgan fingerprint density at radius 2 is 2.32 bits per heavy atom. The Bertz CT molecular complexity index is 642. The van der Waals surface area contributed by atoms with Gasteiger partial charge in [0.25, 0.3) is 5.56 Å². The first-order valence-corrected chi connectivity index (χ1v) is 6.59.